The van der Waals surface area contributed by atoms with Crippen LogP contribution in [-0.2, 0) is 4.79 Å². The number of amides is 1. The molecule has 1 heterocycles. The van der Waals surface area contributed by atoms with Gasteiger partial charge in [0.05, 0.1) is 12.2 Å². The van der Waals surface area contributed by atoms with Gasteiger partial charge in [0.15, 0.2) is 6.61 Å². The second-order valence-electron chi connectivity index (χ2n) is 5.39. The molecule has 1 aromatic carbocycles. The standard InChI is InChI=1S/C16H18ClN3O2/c17-12-4-3-7-14(10-12)22-11-16(21)19-15-8-9-18-20(15)13-5-1-2-6-13/h3-4,7-10,13H,1-2,5-6,11H2,(H,19,21). The Morgan fingerprint density at radius 1 is 1.36 bits per heavy atom. The summed E-state index contributed by atoms with van der Waals surface area (Å²) in [6, 6.07) is 9.19. The Morgan fingerprint density at radius 3 is 2.95 bits per heavy atom. The summed E-state index contributed by atoms with van der Waals surface area (Å²) in [7, 11) is 0. The van der Waals surface area contributed by atoms with Gasteiger partial charge in [0.1, 0.15) is 11.6 Å². The van der Waals surface area contributed by atoms with Crippen LogP contribution in [0, 0.1) is 0 Å². The van der Waals surface area contributed by atoms with E-state index in [0.717, 1.165) is 18.7 Å². The Kier molecular flexibility index (Phi) is 4.63. The third-order valence-corrected chi connectivity index (χ3v) is 4.01. The number of carbonyl (C=O) groups excluding carboxylic acids is 1. The van der Waals surface area contributed by atoms with Crippen LogP contribution in [0.3, 0.4) is 0 Å². The van der Waals surface area contributed by atoms with Gasteiger partial charge in [-0.15, -0.1) is 0 Å². The molecule has 0 spiro atoms. The largest absolute Gasteiger partial charge is 0.484 e. The quantitative estimate of drug-likeness (QED) is 0.914. The first-order valence-electron chi connectivity index (χ1n) is 7.44. The van der Waals surface area contributed by atoms with Crippen molar-refractivity contribution < 1.29 is 9.53 Å². The summed E-state index contributed by atoms with van der Waals surface area (Å²) in [4.78, 5) is 12.0. The van der Waals surface area contributed by atoms with Crippen LogP contribution in [0.25, 0.3) is 0 Å². The van der Waals surface area contributed by atoms with Crippen LogP contribution < -0.4 is 10.1 Å². The van der Waals surface area contributed by atoms with E-state index >= 15 is 0 Å². The Bertz CT molecular complexity index is 650. The Labute approximate surface area is 134 Å². The number of anilines is 1. The van der Waals surface area contributed by atoms with E-state index in [2.05, 4.69) is 10.4 Å². The van der Waals surface area contributed by atoms with Crippen molar-refractivity contribution >= 4 is 23.3 Å². The van der Waals surface area contributed by atoms with Crippen molar-refractivity contribution in [2.75, 3.05) is 11.9 Å². The maximum atomic E-state index is 12.0. The van der Waals surface area contributed by atoms with Crippen LogP contribution in [0.1, 0.15) is 31.7 Å². The van der Waals surface area contributed by atoms with Gasteiger partial charge in [-0.25, -0.2) is 4.68 Å². The maximum Gasteiger partial charge on any atom is 0.263 e. The van der Waals surface area contributed by atoms with Crippen LogP contribution in [0.4, 0.5) is 5.82 Å². The number of benzene rings is 1. The van der Waals surface area contributed by atoms with E-state index in [9.17, 15) is 4.79 Å². The first-order chi connectivity index (χ1) is 10.7. The summed E-state index contributed by atoms with van der Waals surface area (Å²) in [6.45, 7) is -0.0593. The lowest BCUT2D eigenvalue weighted by molar-refractivity contribution is -0.118. The zero-order chi connectivity index (χ0) is 15.4. The Hall–Kier alpha value is -2.01. The normalized spacial score (nSPS) is 15.0. The highest BCUT2D eigenvalue weighted by Crippen LogP contribution is 2.31. The minimum absolute atomic E-state index is 0.0593. The summed E-state index contributed by atoms with van der Waals surface area (Å²) in [5.74, 6) is 1.10. The lowest BCUT2D eigenvalue weighted by Crippen LogP contribution is -2.23. The average Bonchev–Trinajstić information content (AvgIpc) is 3.16. The van der Waals surface area contributed by atoms with Crippen molar-refractivity contribution in [1.29, 1.82) is 0 Å². The molecule has 1 aliphatic rings. The molecule has 1 saturated carbocycles. The number of rotatable bonds is 5. The molecule has 116 valence electrons. The van der Waals surface area contributed by atoms with E-state index in [1.807, 2.05) is 10.7 Å². The van der Waals surface area contributed by atoms with Crippen molar-refractivity contribution in [3.8, 4) is 5.75 Å². The topological polar surface area (TPSA) is 56.1 Å². The zero-order valence-corrected chi connectivity index (χ0v) is 12.9. The van der Waals surface area contributed by atoms with E-state index in [1.165, 1.54) is 12.8 Å². The van der Waals surface area contributed by atoms with Crippen LogP contribution in [0.15, 0.2) is 36.5 Å². The first-order valence-corrected chi connectivity index (χ1v) is 7.82. The minimum atomic E-state index is -0.209. The lowest BCUT2D eigenvalue weighted by Gasteiger charge is -2.14. The fraction of sp³-hybridized carbons (Fsp3) is 0.375. The van der Waals surface area contributed by atoms with E-state index in [1.54, 1.807) is 30.5 Å². The third-order valence-electron chi connectivity index (χ3n) is 3.77. The molecule has 0 bridgehead atoms. The first kappa shape index (κ1) is 14.9. The van der Waals surface area contributed by atoms with Gasteiger partial charge in [0.2, 0.25) is 0 Å². The van der Waals surface area contributed by atoms with Crippen LogP contribution in [0.2, 0.25) is 5.02 Å². The van der Waals surface area contributed by atoms with E-state index < -0.39 is 0 Å². The highest BCUT2D eigenvalue weighted by atomic mass is 35.5. The predicted octanol–water partition coefficient (Wildman–Crippen LogP) is 3.67. The molecule has 22 heavy (non-hydrogen) atoms. The molecule has 1 aromatic heterocycles. The molecule has 5 nitrogen and oxygen atoms in total. The van der Waals surface area contributed by atoms with Gasteiger partial charge in [-0.1, -0.05) is 30.5 Å². The molecular formula is C16H18ClN3O2. The van der Waals surface area contributed by atoms with E-state index in [-0.39, 0.29) is 12.5 Å². The molecule has 0 saturated heterocycles. The van der Waals surface area contributed by atoms with Gasteiger partial charge >= 0.3 is 0 Å². The highest BCUT2D eigenvalue weighted by molar-refractivity contribution is 6.30. The smallest absolute Gasteiger partial charge is 0.263 e. The molecule has 0 atom stereocenters. The lowest BCUT2D eigenvalue weighted by atomic mass is 10.2. The number of ether oxygens (including phenoxy) is 1. The van der Waals surface area contributed by atoms with Gasteiger partial charge in [-0.05, 0) is 31.0 Å². The van der Waals surface area contributed by atoms with Gasteiger partial charge in [0, 0.05) is 11.1 Å². The molecule has 1 fully saturated rings. The highest BCUT2D eigenvalue weighted by Gasteiger charge is 2.20. The molecule has 2 aromatic rings. The van der Waals surface area contributed by atoms with Crippen LogP contribution in [0.5, 0.6) is 5.75 Å². The summed E-state index contributed by atoms with van der Waals surface area (Å²) < 4.78 is 7.34. The average molecular weight is 320 g/mol. The molecule has 1 amide bonds. The van der Waals surface area contributed by atoms with Gasteiger partial charge in [0.25, 0.3) is 5.91 Å². The predicted molar refractivity (Wildman–Crippen MR) is 85.3 cm³/mol. The van der Waals surface area contributed by atoms with Crippen molar-refractivity contribution in [3.05, 3.63) is 41.6 Å². The fourth-order valence-corrected chi connectivity index (χ4v) is 2.92. The molecule has 1 N–H and O–H groups in total. The molecule has 1 aliphatic carbocycles. The van der Waals surface area contributed by atoms with E-state index in [0.29, 0.717) is 16.8 Å². The Balaban J connectivity index is 1.57. The van der Waals surface area contributed by atoms with Gasteiger partial charge < -0.3 is 10.1 Å². The second kappa shape index (κ2) is 6.83. The summed E-state index contributed by atoms with van der Waals surface area (Å²) >= 11 is 5.88. The molecular weight excluding hydrogens is 302 g/mol. The number of halogens is 1. The van der Waals surface area contributed by atoms with Gasteiger partial charge in [-0.3, -0.25) is 4.79 Å². The van der Waals surface area contributed by atoms with Crippen molar-refractivity contribution in [3.63, 3.8) is 0 Å². The summed E-state index contributed by atoms with van der Waals surface area (Å²) in [5, 5.41) is 7.76. The van der Waals surface area contributed by atoms with E-state index in [4.69, 9.17) is 16.3 Å². The Morgan fingerprint density at radius 2 is 2.18 bits per heavy atom. The summed E-state index contributed by atoms with van der Waals surface area (Å²) in [5.41, 5.74) is 0. The van der Waals surface area contributed by atoms with Crippen molar-refractivity contribution in [1.82, 2.24) is 9.78 Å². The van der Waals surface area contributed by atoms with Crippen molar-refractivity contribution in [2.24, 2.45) is 0 Å². The maximum absolute atomic E-state index is 12.0. The molecule has 3 rings (SSSR count). The minimum Gasteiger partial charge on any atom is -0.484 e. The summed E-state index contributed by atoms with van der Waals surface area (Å²) in [6.07, 6.45) is 6.38. The number of nitrogens with zero attached hydrogens (tertiary/aromatic N) is 2. The number of aromatic nitrogens is 2. The fourth-order valence-electron chi connectivity index (χ4n) is 2.74. The number of carbonyl (C=O) groups is 1. The number of hydrogen-bond acceptors (Lipinski definition) is 3. The van der Waals surface area contributed by atoms with Crippen molar-refractivity contribution in [2.45, 2.75) is 31.7 Å². The molecule has 0 aliphatic heterocycles. The SMILES string of the molecule is O=C(COc1cccc(Cl)c1)Nc1ccnn1C1CCCC1. The van der Waals surface area contributed by atoms with Crippen LogP contribution in [-0.4, -0.2) is 22.3 Å². The molecule has 0 unspecified atom stereocenters. The number of hydrogen-bond donors (Lipinski definition) is 1. The van der Waals surface area contributed by atoms with Crippen LogP contribution >= 0.6 is 11.6 Å². The number of nitrogens with one attached hydrogen (secondary N) is 1. The second-order valence-corrected chi connectivity index (χ2v) is 5.83. The molecule has 6 heteroatoms. The monoisotopic (exact) mass is 319 g/mol. The zero-order valence-electron chi connectivity index (χ0n) is 12.2. The molecule has 0 radical (unpaired) electrons. The van der Waals surface area contributed by atoms with Gasteiger partial charge in [-0.2, -0.15) is 5.10 Å². The third kappa shape index (κ3) is 3.60.